The van der Waals surface area contributed by atoms with Gasteiger partial charge in [-0.05, 0) is 18.2 Å². The van der Waals surface area contributed by atoms with Gasteiger partial charge >= 0.3 is 0 Å². The van der Waals surface area contributed by atoms with Gasteiger partial charge in [0.05, 0.1) is 24.0 Å². The van der Waals surface area contributed by atoms with Crippen LogP contribution in [0.3, 0.4) is 0 Å². The molecule has 0 amide bonds. The zero-order valence-electron chi connectivity index (χ0n) is 7.12. The zero-order chi connectivity index (χ0) is 9.97. The number of rotatable bonds is 1. The number of nitrogens with zero attached hydrogens (tertiary/aromatic N) is 4. The van der Waals surface area contributed by atoms with Crippen LogP contribution in [-0.2, 0) is 0 Å². The lowest BCUT2D eigenvalue weighted by molar-refractivity contribution is 0.467. The Kier molecular flexibility index (Phi) is 1.88. The van der Waals surface area contributed by atoms with Gasteiger partial charge in [-0.1, -0.05) is 0 Å². The standard InChI is InChI=1S/C9H6N4O/c10-6-7-1-2-8(9(14)5-7)13-11-3-4-12-13/h1-5,14H. The molecule has 1 aromatic carbocycles. The number of nitriles is 1. The van der Waals surface area contributed by atoms with Crippen LogP contribution in [-0.4, -0.2) is 20.1 Å². The molecule has 0 aliphatic rings. The van der Waals surface area contributed by atoms with E-state index in [1.807, 2.05) is 6.07 Å². The fourth-order valence-corrected chi connectivity index (χ4v) is 1.10. The molecule has 68 valence electrons. The van der Waals surface area contributed by atoms with Crippen molar-refractivity contribution in [2.45, 2.75) is 0 Å². The van der Waals surface area contributed by atoms with Crippen LogP contribution in [0.5, 0.6) is 5.75 Å². The van der Waals surface area contributed by atoms with Crippen LogP contribution < -0.4 is 0 Å². The summed E-state index contributed by atoms with van der Waals surface area (Å²) >= 11 is 0. The van der Waals surface area contributed by atoms with Gasteiger partial charge in [0.15, 0.2) is 0 Å². The van der Waals surface area contributed by atoms with E-state index in [1.165, 1.54) is 23.3 Å². The van der Waals surface area contributed by atoms with E-state index in [9.17, 15) is 5.11 Å². The first-order valence-corrected chi connectivity index (χ1v) is 3.91. The molecule has 2 rings (SSSR count). The van der Waals surface area contributed by atoms with Crippen LogP contribution in [0.4, 0.5) is 0 Å². The average Bonchev–Trinajstić information content (AvgIpc) is 2.70. The number of benzene rings is 1. The van der Waals surface area contributed by atoms with E-state index in [0.717, 1.165) is 0 Å². The Hall–Kier alpha value is -2.35. The lowest BCUT2D eigenvalue weighted by Gasteiger charge is -2.02. The maximum Gasteiger partial charge on any atom is 0.144 e. The first kappa shape index (κ1) is 8.26. The molecule has 0 radical (unpaired) electrons. The molecule has 5 nitrogen and oxygen atoms in total. The van der Waals surface area contributed by atoms with Gasteiger partial charge < -0.3 is 5.11 Å². The predicted molar refractivity (Wildman–Crippen MR) is 47.7 cm³/mol. The van der Waals surface area contributed by atoms with Crippen LogP contribution in [0.15, 0.2) is 30.6 Å². The molecule has 0 saturated heterocycles. The molecule has 2 aromatic rings. The van der Waals surface area contributed by atoms with E-state index in [1.54, 1.807) is 12.1 Å². The van der Waals surface area contributed by atoms with Crippen molar-refractivity contribution < 1.29 is 5.11 Å². The maximum absolute atomic E-state index is 9.54. The lowest BCUT2D eigenvalue weighted by Crippen LogP contribution is -1.98. The fraction of sp³-hybridized carbons (Fsp3) is 0. The van der Waals surface area contributed by atoms with Gasteiger partial charge in [0, 0.05) is 0 Å². The first-order chi connectivity index (χ1) is 6.81. The topological polar surface area (TPSA) is 74.7 Å². The largest absolute Gasteiger partial charge is 0.506 e. The lowest BCUT2D eigenvalue weighted by atomic mass is 10.2. The van der Waals surface area contributed by atoms with Crippen LogP contribution in [0.2, 0.25) is 0 Å². The zero-order valence-corrected chi connectivity index (χ0v) is 7.12. The minimum Gasteiger partial charge on any atom is -0.506 e. The summed E-state index contributed by atoms with van der Waals surface area (Å²) in [5.74, 6) is -0.0137. The summed E-state index contributed by atoms with van der Waals surface area (Å²) in [5.41, 5.74) is 0.854. The van der Waals surface area contributed by atoms with E-state index in [0.29, 0.717) is 11.3 Å². The molecule has 14 heavy (non-hydrogen) atoms. The highest BCUT2D eigenvalue weighted by Gasteiger charge is 2.05. The molecule has 1 N–H and O–H groups in total. The average molecular weight is 186 g/mol. The number of aromatic hydroxyl groups is 1. The second kappa shape index (κ2) is 3.18. The molecule has 0 spiro atoms. The number of hydrogen-bond donors (Lipinski definition) is 1. The summed E-state index contributed by atoms with van der Waals surface area (Å²) in [4.78, 5) is 1.29. The number of phenolic OH excluding ortho intramolecular Hbond substituents is 1. The van der Waals surface area contributed by atoms with Crippen molar-refractivity contribution in [3.05, 3.63) is 36.2 Å². The van der Waals surface area contributed by atoms with Crippen molar-refractivity contribution in [1.82, 2.24) is 15.0 Å². The van der Waals surface area contributed by atoms with Gasteiger partial charge in [-0.15, -0.1) is 4.80 Å². The monoisotopic (exact) mass is 186 g/mol. The summed E-state index contributed by atoms with van der Waals surface area (Å²) in [6, 6.07) is 6.49. The molecular weight excluding hydrogens is 180 g/mol. The molecule has 0 bridgehead atoms. The van der Waals surface area contributed by atoms with Gasteiger partial charge in [0.25, 0.3) is 0 Å². The Morgan fingerprint density at radius 3 is 2.57 bits per heavy atom. The minimum atomic E-state index is -0.0137. The van der Waals surface area contributed by atoms with Gasteiger partial charge in [0.1, 0.15) is 11.4 Å². The quantitative estimate of drug-likeness (QED) is 0.716. The van der Waals surface area contributed by atoms with E-state index in [2.05, 4.69) is 10.2 Å². The summed E-state index contributed by atoms with van der Waals surface area (Å²) < 4.78 is 0. The van der Waals surface area contributed by atoms with E-state index < -0.39 is 0 Å². The number of aromatic nitrogens is 3. The molecule has 0 saturated carbocycles. The van der Waals surface area contributed by atoms with Gasteiger partial charge in [-0.25, -0.2) is 0 Å². The molecule has 0 atom stereocenters. The summed E-state index contributed by atoms with van der Waals surface area (Å²) in [5, 5.41) is 25.9. The Bertz CT molecular complexity index is 484. The van der Waals surface area contributed by atoms with Crippen LogP contribution in [0.1, 0.15) is 5.56 Å². The van der Waals surface area contributed by atoms with E-state index >= 15 is 0 Å². The third kappa shape index (κ3) is 1.29. The summed E-state index contributed by atoms with van der Waals surface area (Å²) in [7, 11) is 0. The molecule has 1 aromatic heterocycles. The van der Waals surface area contributed by atoms with E-state index in [4.69, 9.17) is 5.26 Å². The molecule has 0 aliphatic heterocycles. The van der Waals surface area contributed by atoms with E-state index in [-0.39, 0.29) is 5.75 Å². The Morgan fingerprint density at radius 2 is 2.00 bits per heavy atom. The summed E-state index contributed by atoms with van der Waals surface area (Å²) in [6.07, 6.45) is 3.02. The molecule has 0 aliphatic carbocycles. The Morgan fingerprint density at radius 1 is 1.29 bits per heavy atom. The van der Waals surface area contributed by atoms with Crippen molar-refractivity contribution in [3.8, 4) is 17.5 Å². The van der Waals surface area contributed by atoms with Crippen LogP contribution >= 0.6 is 0 Å². The van der Waals surface area contributed by atoms with Crippen LogP contribution in [0, 0.1) is 11.3 Å². The highest BCUT2D eigenvalue weighted by Crippen LogP contribution is 2.20. The van der Waals surface area contributed by atoms with Crippen molar-refractivity contribution in [3.63, 3.8) is 0 Å². The Labute approximate surface area is 79.8 Å². The van der Waals surface area contributed by atoms with Crippen molar-refractivity contribution in [2.75, 3.05) is 0 Å². The molecular formula is C9H6N4O. The SMILES string of the molecule is N#Cc1ccc(-n2nccn2)c(O)c1. The molecule has 0 fully saturated rings. The Balaban J connectivity index is 2.52. The molecule has 0 unspecified atom stereocenters. The van der Waals surface area contributed by atoms with Crippen molar-refractivity contribution >= 4 is 0 Å². The second-order valence-corrected chi connectivity index (χ2v) is 2.63. The van der Waals surface area contributed by atoms with Crippen molar-refractivity contribution in [2.24, 2.45) is 0 Å². The predicted octanol–water partition coefficient (Wildman–Crippen LogP) is 0.845. The maximum atomic E-state index is 9.54. The third-order valence-corrected chi connectivity index (χ3v) is 1.74. The van der Waals surface area contributed by atoms with Crippen molar-refractivity contribution in [1.29, 1.82) is 5.26 Å². The first-order valence-electron chi connectivity index (χ1n) is 3.91. The number of phenols is 1. The summed E-state index contributed by atoms with van der Waals surface area (Å²) in [6.45, 7) is 0. The van der Waals surface area contributed by atoms with Crippen LogP contribution in [0.25, 0.3) is 5.69 Å². The molecule has 1 heterocycles. The van der Waals surface area contributed by atoms with Gasteiger partial charge in [0.2, 0.25) is 0 Å². The highest BCUT2D eigenvalue weighted by atomic mass is 16.3. The smallest absolute Gasteiger partial charge is 0.144 e. The third-order valence-electron chi connectivity index (χ3n) is 1.74. The van der Waals surface area contributed by atoms with Gasteiger partial charge in [-0.3, -0.25) is 0 Å². The molecule has 5 heteroatoms. The fourth-order valence-electron chi connectivity index (χ4n) is 1.10. The second-order valence-electron chi connectivity index (χ2n) is 2.63. The number of hydrogen-bond acceptors (Lipinski definition) is 4. The minimum absolute atomic E-state index is 0.0137. The highest BCUT2D eigenvalue weighted by molar-refractivity contribution is 5.49. The normalized spacial score (nSPS) is 9.64. The van der Waals surface area contributed by atoms with Gasteiger partial charge in [-0.2, -0.15) is 15.5 Å².